The zero-order valence-electron chi connectivity index (χ0n) is 9.45. The fraction of sp³-hybridized carbons (Fsp3) is 0.667. The highest BCUT2D eigenvalue weighted by molar-refractivity contribution is 6.04. The first kappa shape index (κ1) is 14.4. The summed E-state index contributed by atoms with van der Waals surface area (Å²) in [4.78, 5) is 33.7. The van der Waals surface area contributed by atoms with Gasteiger partial charge in [-0.3, -0.25) is 15.0 Å². The number of carbonyl (C=O) groups excluding carboxylic acids is 3. The highest BCUT2D eigenvalue weighted by Crippen LogP contribution is 2.10. The second kappa shape index (κ2) is 6.78. The molecule has 6 N–H and O–H groups in total. The van der Waals surface area contributed by atoms with Gasteiger partial charge in [-0.05, 0) is 13.3 Å². The Bertz CT molecular complexity index is 280. The van der Waals surface area contributed by atoms with Crippen LogP contribution in [0.25, 0.3) is 0 Å². The number of carbonyl (C=O) groups is 3. The van der Waals surface area contributed by atoms with E-state index in [4.69, 9.17) is 11.6 Å². The lowest BCUT2D eigenvalue weighted by atomic mass is 9.93. The van der Waals surface area contributed by atoms with Crippen LogP contribution in [0.15, 0.2) is 0 Å². The van der Waals surface area contributed by atoms with Crippen molar-refractivity contribution in [2.75, 3.05) is 0 Å². The molecule has 7 heteroatoms. The molecule has 0 aromatic carbocycles. The summed E-state index contributed by atoms with van der Waals surface area (Å²) in [6.07, 6.45) is 1.04. The monoisotopic (exact) mass is 230 g/mol. The van der Waals surface area contributed by atoms with Crippen LogP contribution in [-0.2, 0) is 9.59 Å². The standard InChI is InChI=1S/C9H18N4O3/c1-3-4-6(8(15)13-11)7(14)5(2)12-9(10)16/h5-6H,3-4,11H2,1-2H3,(H,13,15)(H3,10,12,16). The Labute approximate surface area is 93.9 Å². The molecule has 0 aliphatic carbocycles. The van der Waals surface area contributed by atoms with E-state index >= 15 is 0 Å². The summed E-state index contributed by atoms with van der Waals surface area (Å²) in [7, 11) is 0. The van der Waals surface area contributed by atoms with Crippen molar-refractivity contribution in [2.45, 2.75) is 32.7 Å². The van der Waals surface area contributed by atoms with Gasteiger partial charge in [0.1, 0.15) is 0 Å². The van der Waals surface area contributed by atoms with Crippen LogP contribution in [-0.4, -0.2) is 23.8 Å². The van der Waals surface area contributed by atoms with Gasteiger partial charge in [0.25, 0.3) is 0 Å². The van der Waals surface area contributed by atoms with Gasteiger partial charge in [0, 0.05) is 0 Å². The van der Waals surface area contributed by atoms with Crippen molar-refractivity contribution in [3.63, 3.8) is 0 Å². The van der Waals surface area contributed by atoms with Gasteiger partial charge in [-0.25, -0.2) is 10.6 Å². The largest absolute Gasteiger partial charge is 0.352 e. The second-order valence-corrected chi connectivity index (χ2v) is 3.48. The molecule has 0 aliphatic heterocycles. The lowest BCUT2D eigenvalue weighted by Gasteiger charge is -2.18. The molecule has 7 nitrogen and oxygen atoms in total. The van der Waals surface area contributed by atoms with E-state index in [-0.39, 0.29) is 0 Å². The molecular weight excluding hydrogens is 212 g/mol. The molecule has 0 aromatic heterocycles. The molecule has 0 radical (unpaired) electrons. The van der Waals surface area contributed by atoms with Crippen LogP contribution < -0.4 is 22.3 Å². The number of nitrogens with two attached hydrogens (primary N) is 2. The molecule has 2 unspecified atom stereocenters. The Kier molecular flexibility index (Phi) is 6.09. The third kappa shape index (κ3) is 4.26. The van der Waals surface area contributed by atoms with Crippen LogP contribution >= 0.6 is 0 Å². The summed E-state index contributed by atoms with van der Waals surface area (Å²) in [5, 5.41) is 2.23. The van der Waals surface area contributed by atoms with Gasteiger partial charge in [-0.2, -0.15) is 0 Å². The fourth-order valence-corrected chi connectivity index (χ4v) is 1.38. The summed E-state index contributed by atoms with van der Waals surface area (Å²) in [6.45, 7) is 3.32. The molecule has 16 heavy (non-hydrogen) atoms. The van der Waals surface area contributed by atoms with Crippen molar-refractivity contribution >= 4 is 17.7 Å². The van der Waals surface area contributed by atoms with E-state index in [0.29, 0.717) is 12.8 Å². The summed E-state index contributed by atoms with van der Waals surface area (Å²) >= 11 is 0. The summed E-state index contributed by atoms with van der Waals surface area (Å²) in [5.41, 5.74) is 6.82. The van der Waals surface area contributed by atoms with Gasteiger partial charge >= 0.3 is 6.03 Å². The highest BCUT2D eigenvalue weighted by atomic mass is 16.2. The molecule has 0 rings (SSSR count). The number of nitrogens with one attached hydrogen (secondary N) is 2. The van der Waals surface area contributed by atoms with E-state index in [1.54, 1.807) is 0 Å². The highest BCUT2D eigenvalue weighted by Gasteiger charge is 2.29. The molecule has 0 heterocycles. The number of Topliss-reactive ketones (excluding diaryl/α,β-unsaturated/α-hetero) is 1. The number of primary amides is 1. The predicted molar refractivity (Wildman–Crippen MR) is 57.9 cm³/mol. The summed E-state index contributed by atoms with van der Waals surface area (Å²) in [6, 6.07) is -1.60. The van der Waals surface area contributed by atoms with Crippen LogP contribution in [0.3, 0.4) is 0 Å². The maximum absolute atomic E-state index is 11.8. The third-order valence-electron chi connectivity index (χ3n) is 2.17. The van der Waals surface area contributed by atoms with Gasteiger partial charge < -0.3 is 11.1 Å². The topological polar surface area (TPSA) is 127 Å². The summed E-state index contributed by atoms with van der Waals surface area (Å²) in [5.74, 6) is 3.18. The molecule has 2 atom stereocenters. The average molecular weight is 230 g/mol. The first-order valence-electron chi connectivity index (χ1n) is 5.04. The minimum Gasteiger partial charge on any atom is -0.352 e. The molecule has 3 amide bonds. The minimum atomic E-state index is -0.850. The molecule has 0 spiro atoms. The molecule has 0 saturated heterocycles. The van der Waals surface area contributed by atoms with Crippen molar-refractivity contribution in [1.82, 2.24) is 10.7 Å². The smallest absolute Gasteiger partial charge is 0.312 e. The van der Waals surface area contributed by atoms with Crippen molar-refractivity contribution < 1.29 is 14.4 Å². The van der Waals surface area contributed by atoms with E-state index in [1.807, 2.05) is 12.3 Å². The van der Waals surface area contributed by atoms with E-state index in [0.717, 1.165) is 0 Å². The Morgan fingerprint density at radius 2 is 1.88 bits per heavy atom. The minimum absolute atomic E-state index is 0.382. The molecule has 92 valence electrons. The van der Waals surface area contributed by atoms with Crippen molar-refractivity contribution in [3.05, 3.63) is 0 Å². The molecule has 0 bridgehead atoms. The van der Waals surface area contributed by atoms with Crippen LogP contribution in [0, 0.1) is 5.92 Å². The zero-order valence-corrected chi connectivity index (χ0v) is 9.45. The number of hydrogen-bond acceptors (Lipinski definition) is 4. The Morgan fingerprint density at radius 3 is 2.25 bits per heavy atom. The normalized spacial score (nSPS) is 13.7. The van der Waals surface area contributed by atoms with E-state index < -0.39 is 29.7 Å². The molecule has 0 aromatic rings. The lowest BCUT2D eigenvalue weighted by molar-refractivity contribution is -0.135. The van der Waals surface area contributed by atoms with E-state index in [9.17, 15) is 14.4 Å². The van der Waals surface area contributed by atoms with Gasteiger partial charge in [0.05, 0.1) is 12.0 Å². The second-order valence-electron chi connectivity index (χ2n) is 3.48. The van der Waals surface area contributed by atoms with Crippen molar-refractivity contribution in [2.24, 2.45) is 17.5 Å². The number of rotatable bonds is 6. The quantitative estimate of drug-likeness (QED) is 0.202. The van der Waals surface area contributed by atoms with Crippen LogP contribution in [0.5, 0.6) is 0 Å². The van der Waals surface area contributed by atoms with Gasteiger partial charge in [-0.15, -0.1) is 0 Å². The van der Waals surface area contributed by atoms with Crippen LogP contribution in [0.4, 0.5) is 4.79 Å². The van der Waals surface area contributed by atoms with Crippen LogP contribution in [0.1, 0.15) is 26.7 Å². The number of ketones is 1. The zero-order chi connectivity index (χ0) is 12.7. The Balaban J connectivity index is 4.59. The maximum atomic E-state index is 11.8. The molecule has 0 fully saturated rings. The fourth-order valence-electron chi connectivity index (χ4n) is 1.38. The molecular formula is C9H18N4O3. The first-order chi connectivity index (χ1) is 7.43. The Morgan fingerprint density at radius 1 is 1.31 bits per heavy atom. The summed E-state index contributed by atoms with van der Waals surface area (Å²) < 4.78 is 0. The SMILES string of the molecule is CCCC(C(=O)NN)C(=O)C(C)NC(N)=O. The predicted octanol–water partition coefficient (Wildman–Crippen LogP) is -0.981. The average Bonchev–Trinajstić information content (AvgIpc) is 2.23. The molecule has 0 aliphatic rings. The Hall–Kier alpha value is -1.63. The number of hydrazine groups is 1. The first-order valence-corrected chi connectivity index (χ1v) is 5.04. The van der Waals surface area contributed by atoms with Gasteiger partial charge in [-0.1, -0.05) is 13.3 Å². The van der Waals surface area contributed by atoms with Crippen molar-refractivity contribution in [1.29, 1.82) is 0 Å². The van der Waals surface area contributed by atoms with Crippen LogP contribution in [0.2, 0.25) is 0 Å². The number of amides is 3. The maximum Gasteiger partial charge on any atom is 0.312 e. The van der Waals surface area contributed by atoms with Gasteiger partial charge in [0.15, 0.2) is 5.78 Å². The third-order valence-corrected chi connectivity index (χ3v) is 2.17. The van der Waals surface area contributed by atoms with Gasteiger partial charge in [0.2, 0.25) is 5.91 Å². The van der Waals surface area contributed by atoms with E-state index in [2.05, 4.69) is 5.32 Å². The molecule has 0 saturated carbocycles. The van der Waals surface area contributed by atoms with Crippen molar-refractivity contribution in [3.8, 4) is 0 Å². The number of urea groups is 1. The lowest BCUT2D eigenvalue weighted by Crippen LogP contribution is -2.48. The number of hydrogen-bond donors (Lipinski definition) is 4. The van der Waals surface area contributed by atoms with E-state index in [1.165, 1.54) is 6.92 Å².